The second-order valence-corrected chi connectivity index (χ2v) is 5.52. The number of amides is 1. The molecular weight excluding hydrogens is 250 g/mol. The smallest absolute Gasteiger partial charge is 0.220 e. The first-order chi connectivity index (χ1) is 9.83. The molecule has 1 atom stereocenters. The van der Waals surface area contributed by atoms with Crippen LogP contribution in [0.15, 0.2) is 30.5 Å². The van der Waals surface area contributed by atoms with Gasteiger partial charge in [0, 0.05) is 30.1 Å². The lowest BCUT2D eigenvalue weighted by Gasteiger charge is -2.08. The quantitative estimate of drug-likeness (QED) is 0.777. The van der Waals surface area contributed by atoms with Gasteiger partial charge < -0.3 is 15.6 Å². The average molecular weight is 271 g/mol. The highest BCUT2D eigenvalue weighted by Crippen LogP contribution is 2.17. The van der Waals surface area contributed by atoms with Gasteiger partial charge in [-0.2, -0.15) is 0 Å². The number of aromatic amines is 1. The van der Waals surface area contributed by atoms with Crippen molar-refractivity contribution in [3.05, 3.63) is 36.0 Å². The van der Waals surface area contributed by atoms with E-state index < -0.39 is 0 Å². The molecule has 3 N–H and O–H groups in total. The molecule has 0 aliphatic carbocycles. The van der Waals surface area contributed by atoms with Gasteiger partial charge in [-0.15, -0.1) is 0 Å². The first kappa shape index (κ1) is 13.2. The third-order valence-corrected chi connectivity index (χ3v) is 4.03. The number of fused-ring (bicyclic) bond motifs is 1. The molecule has 106 valence electrons. The van der Waals surface area contributed by atoms with Gasteiger partial charge in [-0.05, 0) is 43.5 Å². The number of H-pyrrole nitrogens is 1. The van der Waals surface area contributed by atoms with Gasteiger partial charge in [-0.1, -0.05) is 18.2 Å². The molecule has 0 radical (unpaired) electrons. The van der Waals surface area contributed by atoms with E-state index in [4.69, 9.17) is 0 Å². The standard InChI is InChI=1S/C16H21N3O/c20-16(9-12-5-7-17-10-12)18-8-6-13-11-19-15-4-2-1-3-14(13)15/h1-4,11-12,17,19H,5-10H2,(H,18,20). The van der Waals surface area contributed by atoms with Gasteiger partial charge in [0.1, 0.15) is 0 Å². The fourth-order valence-corrected chi connectivity index (χ4v) is 2.90. The van der Waals surface area contributed by atoms with E-state index in [0.29, 0.717) is 18.9 Å². The van der Waals surface area contributed by atoms with E-state index in [1.54, 1.807) is 0 Å². The zero-order valence-corrected chi connectivity index (χ0v) is 11.6. The van der Waals surface area contributed by atoms with Crippen molar-refractivity contribution in [1.82, 2.24) is 15.6 Å². The summed E-state index contributed by atoms with van der Waals surface area (Å²) in [6.45, 7) is 2.74. The van der Waals surface area contributed by atoms with E-state index >= 15 is 0 Å². The number of hydrogen-bond donors (Lipinski definition) is 3. The lowest BCUT2D eigenvalue weighted by atomic mass is 10.0. The molecule has 0 bridgehead atoms. The normalized spacial score (nSPS) is 18.5. The van der Waals surface area contributed by atoms with E-state index in [-0.39, 0.29) is 5.91 Å². The Morgan fingerprint density at radius 1 is 1.35 bits per heavy atom. The van der Waals surface area contributed by atoms with Crippen LogP contribution in [0.1, 0.15) is 18.4 Å². The van der Waals surface area contributed by atoms with Crippen LogP contribution in [-0.4, -0.2) is 30.5 Å². The van der Waals surface area contributed by atoms with E-state index in [0.717, 1.165) is 31.4 Å². The van der Waals surface area contributed by atoms with Crippen LogP contribution in [0, 0.1) is 5.92 Å². The van der Waals surface area contributed by atoms with Crippen LogP contribution < -0.4 is 10.6 Å². The predicted octanol–water partition coefficient (Wildman–Crippen LogP) is 1.83. The first-order valence-electron chi connectivity index (χ1n) is 7.35. The summed E-state index contributed by atoms with van der Waals surface area (Å²) in [6, 6.07) is 8.27. The molecule has 2 heterocycles. The highest BCUT2D eigenvalue weighted by Gasteiger charge is 2.17. The lowest BCUT2D eigenvalue weighted by Crippen LogP contribution is -2.28. The fraction of sp³-hybridized carbons (Fsp3) is 0.438. The van der Waals surface area contributed by atoms with Gasteiger partial charge in [0.2, 0.25) is 5.91 Å². The van der Waals surface area contributed by atoms with Crippen molar-refractivity contribution in [1.29, 1.82) is 0 Å². The van der Waals surface area contributed by atoms with Crippen LogP contribution in [0.3, 0.4) is 0 Å². The summed E-state index contributed by atoms with van der Waals surface area (Å²) in [7, 11) is 0. The molecule has 1 unspecified atom stereocenters. The van der Waals surface area contributed by atoms with Gasteiger partial charge in [-0.25, -0.2) is 0 Å². The van der Waals surface area contributed by atoms with Crippen molar-refractivity contribution >= 4 is 16.8 Å². The molecule has 0 saturated carbocycles. The summed E-state index contributed by atoms with van der Waals surface area (Å²) in [4.78, 5) is 15.1. The first-order valence-corrected chi connectivity index (χ1v) is 7.35. The number of benzene rings is 1. The Kier molecular flexibility index (Phi) is 4.02. The SMILES string of the molecule is O=C(CC1CCNC1)NCCc1c[nH]c2ccccc12. The zero-order chi connectivity index (χ0) is 13.8. The van der Waals surface area contributed by atoms with Crippen molar-refractivity contribution < 1.29 is 4.79 Å². The fourth-order valence-electron chi connectivity index (χ4n) is 2.90. The number of para-hydroxylation sites is 1. The van der Waals surface area contributed by atoms with Gasteiger partial charge >= 0.3 is 0 Å². The summed E-state index contributed by atoms with van der Waals surface area (Å²) in [5.41, 5.74) is 2.43. The lowest BCUT2D eigenvalue weighted by molar-refractivity contribution is -0.121. The number of carbonyl (C=O) groups excluding carboxylic acids is 1. The Balaban J connectivity index is 1.48. The molecule has 20 heavy (non-hydrogen) atoms. The maximum Gasteiger partial charge on any atom is 0.220 e. The summed E-state index contributed by atoms with van der Waals surface area (Å²) in [5.74, 6) is 0.696. The van der Waals surface area contributed by atoms with Crippen molar-refractivity contribution in [3.63, 3.8) is 0 Å². The minimum atomic E-state index is 0.179. The molecule has 2 aromatic rings. The number of carbonyl (C=O) groups is 1. The monoisotopic (exact) mass is 271 g/mol. The van der Waals surface area contributed by atoms with E-state index in [9.17, 15) is 4.79 Å². The molecule has 4 nitrogen and oxygen atoms in total. The van der Waals surface area contributed by atoms with E-state index in [1.165, 1.54) is 10.9 Å². The molecule has 1 aromatic heterocycles. The molecular formula is C16H21N3O. The van der Waals surface area contributed by atoms with Crippen LogP contribution in [-0.2, 0) is 11.2 Å². The second-order valence-electron chi connectivity index (χ2n) is 5.52. The summed E-state index contributed by atoms with van der Waals surface area (Å²) in [5, 5.41) is 7.58. The van der Waals surface area contributed by atoms with Gasteiger partial charge in [0.15, 0.2) is 0 Å². The molecule has 1 aliphatic heterocycles. The third-order valence-electron chi connectivity index (χ3n) is 4.03. The summed E-state index contributed by atoms with van der Waals surface area (Å²) in [6.07, 6.45) is 4.69. The van der Waals surface area contributed by atoms with E-state index in [1.807, 2.05) is 18.3 Å². The highest BCUT2D eigenvalue weighted by atomic mass is 16.1. The predicted molar refractivity (Wildman–Crippen MR) is 80.6 cm³/mol. The molecule has 4 heteroatoms. The largest absolute Gasteiger partial charge is 0.361 e. The molecule has 0 spiro atoms. The number of nitrogens with one attached hydrogen (secondary N) is 3. The molecule has 1 aliphatic rings. The van der Waals surface area contributed by atoms with Crippen molar-refractivity contribution in [3.8, 4) is 0 Å². The van der Waals surface area contributed by atoms with Crippen molar-refractivity contribution in [2.24, 2.45) is 5.92 Å². The zero-order valence-electron chi connectivity index (χ0n) is 11.6. The minimum absolute atomic E-state index is 0.179. The molecule has 1 saturated heterocycles. The average Bonchev–Trinajstić information content (AvgIpc) is 3.09. The maximum absolute atomic E-state index is 11.8. The minimum Gasteiger partial charge on any atom is -0.361 e. The number of hydrogen-bond acceptors (Lipinski definition) is 2. The van der Waals surface area contributed by atoms with Crippen molar-refractivity contribution in [2.75, 3.05) is 19.6 Å². The van der Waals surface area contributed by atoms with Crippen LogP contribution in [0.2, 0.25) is 0 Å². The molecule has 1 fully saturated rings. The maximum atomic E-state index is 11.8. The Labute approximate surface area is 118 Å². The molecule has 3 rings (SSSR count). The van der Waals surface area contributed by atoms with E-state index in [2.05, 4.69) is 27.8 Å². The third kappa shape index (κ3) is 3.02. The van der Waals surface area contributed by atoms with Gasteiger partial charge in [0.25, 0.3) is 0 Å². The number of rotatable bonds is 5. The van der Waals surface area contributed by atoms with Crippen LogP contribution in [0.25, 0.3) is 10.9 Å². The summed E-state index contributed by atoms with van der Waals surface area (Å²) >= 11 is 0. The Morgan fingerprint density at radius 3 is 3.10 bits per heavy atom. The van der Waals surface area contributed by atoms with Crippen LogP contribution in [0.4, 0.5) is 0 Å². The Hall–Kier alpha value is -1.81. The molecule has 1 aromatic carbocycles. The van der Waals surface area contributed by atoms with Gasteiger partial charge in [-0.3, -0.25) is 4.79 Å². The van der Waals surface area contributed by atoms with Crippen LogP contribution in [0.5, 0.6) is 0 Å². The Bertz CT molecular complexity index is 584. The molecule has 1 amide bonds. The second kappa shape index (κ2) is 6.09. The highest BCUT2D eigenvalue weighted by molar-refractivity contribution is 5.83. The number of aromatic nitrogens is 1. The van der Waals surface area contributed by atoms with Crippen molar-refractivity contribution in [2.45, 2.75) is 19.3 Å². The Morgan fingerprint density at radius 2 is 2.25 bits per heavy atom. The topological polar surface area (TPSA) is 56.9 Å². The van der Waals surface area contributed by atoms with Crippen LogP contribution >= 0.6 is 0 Å². The van der Waals surface area contributed by atoms with Gasteiger partial charge in [0.05, 0.1) is 0 Å². The summed E-state index contributed by atoms with van der Waals surface area (Å²) < 4.78 is 0.